The van der Waals surface area contributed by atoms with Crippen molar-refractivity contribution >= 4 is 16.9 Å². The van der Waals surface area contributed by atoms with Gasteiger partial charge in [-0.3, -0.25) is 4.79 Å². The van der Waals surface area contributed by atoms with Gasteiger partial charge in [0.05, 0.1) is 0 Å². The van der Waals surface area contributed by atoms with Crippen molar-refractivity contribution in [2.75, 3.05) is 12.4 Å². The van der Waals surface area contributed by atoms with Crippen LogP contribution in [0.15, 0.2) is 30.3 Å². The van der Waals surface area contributed by atoms with Gasteiger partial charge in [0.1, 0.15) is 0 Å². The number of benzene rings is 1. The normalized spacial score (nSPS) is 13.2. The third-order valence-electron chi connectivity index (χ3n) is 2.96. The van der Waals surface area contributed by atoms with E-state index in [1.54, 1.807) is 18.2 Å². The molecule has 0 spiro atoms. The lowest BCUT2D eigenvalue weighted by Gasteiger charge is -2.31. The molecule has 1 aromatic rings. The molecule has 0 fully saturated rings. The number of hydrogen-bond acceptors (Lipinski definition) is 2. The van der Waals surface area contributed by atoms with E-state index in [-0.39, 0.29) is 5.75 Å². The Morgan fingerprint density at radius 2 is 1.52 bits per heavy atom. The van der Waals surface area contributed by atoms with Crippen LogP contribution in [0, 0.1) is 0 Å². The fraction of sp³-hybridized carbons (Fsp3) is 0.500. The summed E-state index contributed by atoms with van der Waals surface area (Å²) in [6.45, 7) is -2.88. The molecule has 0 aromatic heterocycles. The Morgan fingerprint density at radius 3 is 2.04 bits per heavy atom. The second-order valence-corrected chi connectivity index (χ2v) is 5.79. The van der Waals surface area contributed by atoms with Gasteiger partial charge in [-0.25, -0.2) is 4.39 Å². The highest BCUT2D eigenvalue weighted by Gasteiger charge is 2.70. The van der Waals surface area contributed by atoms with Gasteiger partial charge in [-0.15, -0.1) is 0 Å². The topological polar surface area (TPSA) is 17.1 Å². The number of alkyl halides is 7. The van der Waals surface area contributed by atoms with Gasteiger partial charge in [0.2, 0.25) is 5.12 Å². The van der Waals surface area contributed by atoms with Crippen molar-refractivity contribution in [3.63, 3.8) is 0 Å². The lowest BCUT2D eigenvalue weighted by atomic mass is 10.0. The zero-order valence-corrected chi connectivity index (χ0v) is 12.5. The molecule has 1 aromatic carbocycles. The Balaban J connectivity index is 2.53. The molecule has 9 heteroatoms. The largest absolute Gasteiger partial charge is 0.374 e. The van der Waals surface area contributed by atoms with Crippen LogP contribution >= 0.6 is 11.8 Å². The van der Waals surface area contributed by atoms with E-state index in [0.29, 0.717) is 17.3 Å². The van der Waals surface area contributed by atoms with E-state index in [2.05, 4.69) is 0 Å². The van der Waals surface area contributed by atoms with Crippen LogP contribution in [0.1, 0.15) is 23.2 Å². The summed E-state index contributed by atoms with van der Waals surface area (Å²) < 4.78 is 89.6. The van der Waals surface area contributed by atoms with E-state index in [4.69, 9.17) is 0 Å². The maximum atomic E-state index is 13.2. The van der Waals surface area contributed by atoms with Gasteiger partial charge in [0.25, 0.3) is 0 Å². The maximum absolute atomic E-state index is 13.2. The first-order valence-electron chi connectivity index (χ1n) is 6.47. The molecule has 0 heterocycles. The van der Waals surface area contributed by atoms with E-state index in [1.165, 1.54) is 12.1 Å². The molecule has 0 N–H and O–H groups in total. The second kappa shape index (κ2) is 7.55. The molecule has 0 unspecified atom stereocenters. The van der Waals surface area contributed by atoms with Crippen molar-refractivity contribution in [1.82, 2.24) is 0 Å². The van der Waals surface area contributed by atoms with Crippen molar-refractivity contribution in [3.05, 3.63) is 35.9 Å². The molecule has 130 valence electrons. The maximum Gasteiger partial charge on any atom is 0.374 e. The zero-order valence-electron chi connectivity index (χ0n) is 11.7. The Morgan fingerprint density at radius 1 is 0.957 bits per heavy atom. The van der Waals surface area contributed by atoms with Gasteiger partial charge >= 0.3 is 17.8 Å². The first-order chi connectivity index (χ1) is 10.5. The van der Waals surface area contributed by atoms with Crippen molar-refractivity contribution in [3.8, 4) is 0 Å². The minimum Gasteiger partial charge on any atom is -0.282 e. The van der Waals surface area contributed by atoms with E-state index >= 15 is 0 Å². The van der Waals surface area contributed by atoms with E-state index in [9.17, 15) is 35.5 Å². The minimum absolute atomic E-state index is 0.249. The Kier molecular flexibility index (Phi) is 6.49. The van der Waals surface area contributed by atoms with Crippen LogP contribution in [0.5, 0.6) is 0 Å². The first kappa shape index (κ1) is 19.8. The standard InChI is InChI=1S/C14H13F7OS/c15-9-13(18,19)14(20,21)12(16,17)7-4-8-23-11(22)10-5-2-1-3-6-10/h1-3,5-6H,4,7-9H2. The molecule has 0 saturated carbocycles. The molecule has 0 radical (unpaired) electrons. The predicted octanol–water partition coefficient (Wildman–Crippen LogP) is 5.22. The zero-order chi connectivity index (χ0) is 17.7. The van der Waals surface area contributed by atoms with Crippen molar-refractivity contribution in [2.24, 2.45) is 0 Å². The number of hydrogen-bond donors (Lipinski definition) is 0. The third kappa shape index (κ3) is 4.62. The summed E-state index contributed by atoms with van der Waals surface area (Å²) in [7, 11) is 0. The summed E-state index contributed by atoms with van der Waals surface area (Å²) >= 11 is 0.615. The molecule has 0 aliphatic carbocycles. The molecule has 23 heavy (non-hydrogen) atoms. The summed E-state index contributed by atoms with van der Waals surface area (Å²) in [4.78, 5) is 11.6. The molecule has 0 atom stereocenters. The molecule has 0 saturated heterocycles. The number of carbonyl (C=O) groups excluding carboxylic acids is 1. The Hall–Kier alpha value is -1.25. The lowest BCUT2D eigenvalue weighted by Crippen LogP contribution is -2.55. The predicted molar refractivity (Wildman–Crippen MR) is 73.3 cm³/mol. The molecule has 1 rings (SSSR count). The van der Waals surface area contributed by atoms with Crippen LogP contribution in [0.25, 0.3) is 0 Å². The Labute approximate surface area is 132 Å². The highest BCUT2D eigenvalue weighted by Crippen LogP contribution is 2.48. The highest BCUT2D eigenvalue weighted by atomic mass is 32.2. The van der Waals surface area contributed by atoms with Crippen molar-refractivity contribution in [1.29, 1.82) is 0 Å². The lowest BCUT2D eigenvalue weighted by molar-refractivity contribution is -0.313. The summed E-state index contributed by atoms with van der Waals surface area (Å²) in [6, 6.07) is 7.80. The SMILES string of the molecule is O=C(SCCCC(F)(F)C(F)(F)C(F)(F)CF)c1ccccc1. The van der Waals surface area contributed by atoms with Crippen molar-refractivity contribution < 1.29 is 35.5 Å². The van der Waals surface area contributed by atoms with Gasteiger partial charge in [0, 0.05) is 17.7 Å². The second-order valence-electron chi connectivity index (χ2n) is 4.72. The molecular weight excluding hydrogens is 349 g/mol. The minimum atomic E-state index is -5.79. The highest BCUT2D eigenvalue weighted by molar-refractivity contribution is 8.14. The molecule has 1 nitrogen and oxygen atoms in total. The number of thioether (sulfide) groups is 1. The van der Waals surface area contributed by atoms with Gasteiger partial charge in [0.15, 0.2) is 6.67 Å². The monoisotopic (exact) mass is 362 g/mol. The Bertz CT molecular complexity index is 519. The van der Waals surface area contributed by atoms with E-state index < -0.39 is 42.4 Å². The number of rotatable bonds is 8. The summed E-state index contributed by atoms with van der Waals surface area (Å²) in [6.07, 6.45) is -2.18. The van der Waals surface area contributed by atoms with Crippen LogP contribution < -0.4 is 0 Å². The third-order valence-corrected chi connectivity index (χ3v) is 3.95. The first-order valence-corrected chi connectivity index (χ1v) is 7.45. The van der Waals surface area contributed by atoms with Crippen LogP contribution in [0.2, 0.25) is 0 Å². The number of carbonyl (C=O) groups is 1. The molecule has 0 aliphatic rings. The molecule has 0 aliphatic heterocycles. The van der Waals surface area contributed by atoms with E-state index in [1.807, 2.05) is 0 Å². The number of halogens is 7. The summed E-state index contributed by atoms with van der Waals surface area (Å²) in [5.74, 6) is -16.5. The van der Waals surface area contributed by atoms with Crippen LogP contribution in [0.3, 0.4) is 0 Å². The van der Waals surface area contributed by atoms with Crippen LogP contribution in [-0.4, -0.2) is 35.3 Å². The molecular formula is C14H13F7OS. The fourth-order valence-electron chi connectivity index (χ4n) is 1.63. The van der Waals surface area contributed by atoms with Gasteiger partial charge in [-0.05, 0) is 6.42 Å². The van der Waals surface area contributed by atoms with Crippen LogP contribution in [0.4, 0.5) is 30.7 Å². The summed E-state index contributed by atoms with van der Waals surface area (Å²) in [5.41, 5.74) is 0.304. The summed E-state index contributed by atoms with van der Waals surface area (Å²) in [5, 5.41) is -0.449. The fourth-order valence-corrected chi connectivity index (χ4v) is 2.40. The molecule has 0 bridgehead atoms. The van der Waals surface area contributed by atoms with Crippen molar-refractivity contribution in [2.45, 2.75) is 30.6 Å². The van der Waals surface area contributed by atoms with E-state index in [0.717, 1.165) is 0 Å². The van der Waals surface area contributed by atoms with Gasteiger partial charge < -0.3 is 0 Å². The van der Waals surface area contributed by atoms with Gasteiger partial charge in [-0.2, -0.15) is 26.3 Å². The van der Waals surface area contributed by atoms with Crippen LogP contribution in [-0.2, 0) is 0 Å². The quantitative estimate of drug-likeness (QED) is 0.466. The van der Waals surface area contributed by atoms with Gasteiger partial charge in [-0.1, -0.05) is 42.1 Å². The molecule has 0 amide bonds. The average Bonchev–Trinajstić information content (AvgIpc) is 2.51. The average molecular weight is 362 g/mol. The smallest absolute Gasteiger partial charge is 0.282 e.